The summed E-state index contributed by atoms with van der Waals surface area (Å²) in [6, 6.07) is 1.20. The number of ether oxygens (including phenoxy) is 1. The van der Waals surface area contributed by atoms with Gasteiger partial charge in [0.15, 0.2) is 0 Å². The van der Waals surface area contributed by atoms with Crippen molar-refractivity contribution in [2.75, 3.05) is 6.61 Å². The SMILES string of the molecule is CCOC(=O)C(C)NC(=O)c1cc(C)sc1C. The first kappa shape index (κ1) is 13.7. The molecule has 0 aliphatic carbocycles. The van der Waals surface area contributed by atoms with Gasteiger partial charge in [0.2, 0.25) is 0 Å². The van der Waals surface area contributed by atoms with Crippen LogP contribution in [0.3, 0.4) is 0 Å². The predicted molar refractivity (Wildman–Crippen MR) is 67.4 cm³/mol. The Bertz CT molecular complexity index is 425. The summed E-state index contributed by atoms with van der Waals surface area (Å²) < 4.78 is 4.82. The minimum atomic E-state index is -0.623. The van der Waals surface area contributed by atoms with Crippen molar-refractivity contribution in [1.82, 2.24) is 5.32 Å². The minimum absolute atomic E-state index is 0.229. The van der Waals surface area contributed by atoms with E-state index in [9.17, 15) is 9.59 Å². The van der Waals surface area contributed by atoms with Crippen LogP contribution in [-0.4, -0.2) is 24.5 Å². The van der Waals surface area contributed by atoms with E-state index in [2.05, 4.69) is 5.32 Å². The molecule has 0 aliphatic rings. The molecule has 17 heavy (non-hydrogen) atoms. The number of hydrogen-bond donors (Lipinski definition) is 1. The van der Waals surface area contributed by atoms with Crippen LogP contribution >= 0.6 is 11.3 Å². The highest BCUT2D eigenvalue weighted by Gasteiger charge is 2.19. The summed E-state index contributed by atoms with van der Waals surface area (Å²) in [7, 11) is 0. The predicted octanol–water partition coefficient (Wildman–Crippen LogP) is 2.05. The van der Waals surface area contributed by atoms with Crippen LogP contribution in [0.5, 0.6) is 0 Å². The van der Waals surface area contributed by atoms with Crippen molar-refractivity contribution in [2.24, 2.45) is 0 Å². The zero-order chi connectivity index (χ0) is 13.0. The Morgan fingerprint density at radius 3 is 2.59 bits per heavy atom. The van der Waals surface area contributed by atoms with E-state index in [0.717, 1.165) is 9.75 Å². The van der Waals surface area contributed by atoms with Crippen LogP contribution in [0, 0.1) is 13.8 Å². The summed E-state index contributed by atoms with van der Waals surface area (Å²) in [5.74, 6) is -0.641. The zero-order valence-electron chi connectivity index (χ0n) is 10.5. The number of thiophene rings is 1. The lowest BCUT2D eigenvalue weighted by atomic mass is 10.2. The fourth-order valence-corrected chi connectivity index (χ4v) is 2.38. The second-order valence-corrected chi connectivity index (χ2v) is 5.23. The molecule has 0 aromatic carbocycles. The van der Waals surface area contributed by atoms with Gasteiger partial charge >= 0.3 is 5.97 Å². The molecule has 4 nitrogen and oxygen atoms in total. The average molecular weight is 255 g/mol. The molecule has 1 amide bonds. The lowest BCUT2D eigenvalue weighted by Gasteiger charge is -2.12. The van der Waals surface area contributed by atoms with Gasteiger partial charge in [-0.2, -0.15) is 0 Å². The Morgan fingerprint density at radius 2 is 2.12 bits per heavy atom. The van der Waals surface area contributed by atoms with Crippen molar-refractivity contribution in [3.05, 3.63) is 21.4 Å². The third-order valence-corrected chi connectivity index (χ3v) is 3.24. The highest BCUT2D eigenvalue weighted by molar-refractivity contribution is 7.12. The van der Waals surface area contributed by atoms with E-state index >= 15 is 0 Å². The summed E-state index contributed by atoms with van der Waals surface area (Å²) in [4.78, 5) is 25.3. The largest absolute Gasteiger partial charge is 0.464 e. The first-order valence-corrected chi connectivity index (χ1v) is 6.31. The maximum atomic E-state index is 11.9. The molecule has 1 rings (SSSR count). The number of esters is 1. The van der Waals surface area contributed by atoms with Crippen molar-refractivity contribution in [1.29, 1.82) is 0 Å². The van der Waals surface area contributed by atoms with Crippen molar-refractivity contribution < 1.29 is 14.3 Å². The highest BCUT2D eigenvalue weighted by Crippen LogP contribution is 2.20. The Morgan fingerprint density at radius 1 is 1.47 bits per heavy atom. The van der Waals surface area contributed by atoms with E-state index in [1.165, 1.54) is 0 Å². The average Bonchev–Trinajstić information content (AvgIpc) is 2.58. The zero-order valence-corrected chi connectivity index (χ0v) is 11.3. The van der Waals surface area contributed by atoms with Gasteiger partial charge in [-0.25, -0.2) is 4.79 Å². The summed E-state index contributed by atoms with van der Waals surface area (Å²) in [6.07, 6.45) is 0. The molecule has 0 aliphatic heterocycles. The molecule has 0 radical (unpaired) electrons. The van der Waals surface area contributed by atoms with E-state index < -0.39 is 12.0 Å². The molecular formula is C12H17NO3S. The molecule has 0 fully saturated rings. The summed E-state index contributed by atoms with van der Waals surface area (Å²) in [6.45, 7) is 7.50. The first-order valence-electron chi connectivity index (χ1n) is 5.50. The topological polar surface area (TPSA) is 55.4 Å². The molecule has 1 aromatic rings. The third kappa shape index (κ3) is 3.56. The molecule has 1 N–H and O–H groups in total. The van der Waals surface area contributed by atoms with E-state index in [0.29, 0.717) is 12.2 Å². The monoisotopic (exact) mass is 255 g/mol. The van der Waals surface area contributed by atoms with Crippen molar-refractivity contribution in [2.45, 2.75) is 33.7 Å². The fraction of sp³-hybridized carbons (Fsp3) is 0.500. The second kappa shape index (κ2) is 5.82. The number of rotatable bonds is 4. The Labute approximate surface area is 105 Å². The van der Waals surface area contributed by atoms with Gasteiger partial charge in [-0.05, 0) is 33.8 Å². The molecule has 0 saturated heterocycles. The van der Waals surface area contributed by atoms with E-state index in [-0.39, 0.29) is 5.91 Å². The quantitative estimate of drug-likeness (QED) is 0.838. The molecule has 0 bridgehead atoms. The van der Waals surface area contributed by atoms with Crippen molar-refractivity contribution in [3.63, 3.8) is 0 Å². The van der Waals surface area contributed by atoms with E-state index in [1.807, 2.05) is 19.9 Å². The third-order valence-electron chi connectivity index (χ3n) is 2.27. The smallest absolute Gasteiger partial charge is 0.328 e. The normalized spacial score (nSPS) is 12.0. The molecule has 0 spiro atoms. The lowest BCUT2D eigenvalue weighted by molar-refractivity contribution is -0.144. The number of aryl methyl sites for hydroxylation is 2. The molecule has 1 heterocycles. The van der Waals surface area contributed by atoms with Gasteiger partial charge < -0.3 is 10.1 Å². The van der Waals surface area contributed by atoms with E-state index in [4.69, 9.17) is 4.74 Å². The lowest BCUT2D eigenvalue weighted by Crippen LogP contribution is -2.39. The molecule has 94 valence electrons. The van der Waals surface area contributed by atoms with Crippen LogP contribution in [0.25, 0.3) is 0 Å². The maximum Gasteiger partial charge on any atom is 0.328 e. The van der Waals surface area contributed by atoms with Gasteiger partial charge in [0.05, 0.1) is 12.2 Å². The Hall–Kier alpha value is -1.36. The van der Waals surface area contributed by atoms with Crippen molar-refractivity contribution >= 4 is 23.2 Å². The van der Waals surface area contributed by atoms with Gasteiger partial charge in [0.1, 0.15) is 6.04 Å². The second-order valence-electron chi connectivity index (χ2n) is 3.77. The summed E-state index contributed by atoms with van der Waals surface area (Å²) >= 11 is 1.57. The minimum Gasteiger partial charge on any atom is -0.464 e. The number of hydrogen-bond acceptors (Lipinski definition) is 4. The van der Waals surface area contributed by atoms with Crippen LogP contribution in [0.1, 0.15) is 34.0 Å². The van der Waals surface area contributed by atoms with Gasteiger partial charge in [0, 0.05) is 9.75 Å². The molecule has 1 atom stereocenters. The molecular weight excluding hydrogens is 238 g/mol. The molecule has 5 heteroatoms. The molecule has 0 saturated carbocycles. The van der Waals surface area contributed by atoms with Crippen LogP contribution in [0.4, 0.5) is 0 Å². The van der Waals surface area contributed by atoms with Gasteiger partial charge in [-0.15, -0.1) is 11.3 Å². The summed E-state index contributed by atoms with van der Waals surface area (Å²) in [5.41, 5.74) is 0.628. The Kier molecular flexibility index (Phi) is 4.69. The standard InChI is InChI=1S/C12H17NO3S/c1-5-16-12(15)8(3)13-11(14)10-6-7(2)17-9(10)4/h6,8H,5H2,1-4H3,(H,13,14). The van der Waals surface area contributed by atoms with Gasteiger partial charge in [-0.3, -0.25) is 4.79 Å². The fourth-order valence-electron chi connectivity index (χ4n) is 1.46. The molecule has 1 aromatic heterocycles. The van der Waals surface area contributed by atoms with Crippen molar-refractivity contribution in [3.8, 4) is 0 Å². The number of carbonyl (C=O) groups excluding carboxylic acids is 2. The number of nitrogens with one attached hydrogen (secondary N) is 1. The highest BCUT2D eigenvalue weighted by atomic mass is 32.1. The maximum absolute atomic E-state index is 11.9. The van der Waals surface area contributed by atoms with Crippen LogP contribution in [-0.2, 0) is 9.53 Å². The molecule has 1 unspecified atom stereocenters. The number of amides is 1. The van der Waals surface area contributed by atoms with Crippen LogP contribution in [0.15, 0.2) is 6.07 Å². The first-order chi connectivity index (χ1) is 7.95. The van der Waals surface area contributed by atoms with Crippen LogP contribution < -0.4 is 5.32 Å². The Balaban J connectivity index is 2.66. The van der Waals surface area contributed by atoms with Crippen LogP contribution in [0.2, 0.25) is 0 Å². The van der Waals surface area contributed by atoms with E-state index in [1.54, 1.807) is 25.2 Å². The van der Waals surface area contributed by atoms with Gasteiger partial charge in [0.25, 0.3) is 5.91 Å². The van der Waals surface area contributed by atoms with Gasteiger partial charge in [-0.1, -0.05) is 0 Å². The summed E-state index contributed by atoms with van der Waals surface area (Å²) in [5, 5.41) is 2.63. The number of carbonyl (C=O) groups is 2.